The van der Waals surface area contributed by atoms with Gasteiger partial charge in [0.15, 0.2) is 12.1 Å². The summed E-state index contributed by atoms with van der Waals surface area (Å²) >= 11 is 0. The molecule has 8 heteroatoms. The van der Waals surface area contributed by atoms with Crippen molar-refractivity contribution in [2.75, 3.05) is 41.0 Å². The molecular weight excluding hydrogens is 739 g/mol. The lowest BCUT2D eigenvalue weighted by atomic mass is 10.1. The van der Waals surface area contributed by atoms with E-state index in [4.69, 9.17) is 14.2 Å². The molecule has 1 N–H and O–H groups in total. The maximum atomic E-state index is 12.7. The second-order valence-corrected chi connectivity index (χ2v) is 15.0. The number of carboxylic acids is 1. The van der Waals surface area contributed by atoms with Gasteiger partial charge in [-0.3, -0.25) is 9.59 Å². The van der Waals surface area contributed by atoms with Gasteiger partial charge < -0.3 is 23.8 Å². The molecule has 0 radical (unpaired) electrons. The predicted octanol–water partition coefficient (Wildman–Crippen LogP) is 12.0. The van der Waals surface area contributed by atoms with Crippen molar-refractivity contribution in [3.63, 3.8) is 0 Å². The Bertz CT molecular complexity index is 1420. The molecule has 2 atom stereocenters. The van der Waals surface area contributed by atoms with Crippen LogP contribution in [-0.4, -0.2) is 80.6 Å². The zero-order valence-corrected chi connectivity index (χ0v) is 37.1. The predicted molar refractivity (Wildman–Crippen MR) is 247 cm³/mol. The average molecular weight is 817 g/mol. The quantitative estimate of drug-likeness (QED) is 0.0221. The van der Waals surface area contributed by atoms with Crippen LogP contribution in [-0.2, 0) is 28.6 Å². The van der Waals surface area contributed by atoms with Gasteiger partial charge in [-0.25, -0.2) is 4.79 Å². The van der Waals surface area contributed by atoms with Crippen LogP contribution in [0.4, 0.5) is 0 Å². The Morgan fingerprint density at radius 2 is 1.00 bits per heavy atom. The molecular formula is C51H78NO7+. The molecule has 8 nitrogen and oxygen atoms in total. The minimum atomic E-state index is -0.899. The fraction of sp³-hybridized carbons (Fsp3) is 0.510. The fourth-order valence-electron chi connectivity index (χ4n) is 5.36. The summed E-state index contributed by atoms with van der Waals surface area (Å²) in [5, 5.41) is 9.61. The Labute approximate surface area is 358 Å². The molecule has 0 heterocycles. The van der Waals surface area contributed by atoms with E-state index in [9.17, 15) is 19.5 Å². The normalized spacial score (nSPS) is 14.3. The molecule has 328 valence electrons. The molecule has 0 aliphatic rings. The SMILES string of the molecule is CC/C=C/C=C/C=C/C=C/C=C/CCCC(=O)OC(COCCC(C(=O)O)[N+](C)(C)C)COC(=O)CCCCC/C=C/C/C=C/C/C=C/C/C=C/C/C=C/C/C=C/CC. The molecule has 2 unspecified atom stereocenters. The van der Waals surface area contributed by atoms with Crippen molar-refractivity contribution >= 4 is 17.9 Å². The largest absolute Gasteiger partial charge is 0.477 e. The number of likely N-dealkylation sites (N-methyl/N-ethyl adjacent to an activating group) is 1. The van der Waals surface area contributed by atoms with Crippen LogP contribution in [0, 0.1) is 0 Å². The van der Waals surface area contributed by atoms with Crippen LogP contribution in [0.1, 0.15) is 117 Å². The standard InChI is InChI=1S/C51H77NO7/c1-6-8-10-12-14-16-18-20-21-22-23-24-25-26-27-28-30-31-33-35-37-39-41-49(53)58-46-47(45-57-44-43-48(51(55)56)52(3,4)5)59-50(54)42-40-38-36-34-32-29-19-17-15-13-11-9-7-2/h8-11,13-17,19-21,23-24,26-27,29-32,34,36,47-48H,6-7,12,18,22,25,28,33,35,37-46H2,1-5H3/p+1/b10-8+,11-9+,15-13+,16-14+,19-17+,21-20+,24-23+,27-26+,31-30+,32-29+,36-34+. The minimum Gasteiger partial charge on any atom is -0.477 e. The van der Waals surface area contributed by atoms with Crippen molar-refractivity contribution < 1.29 is 38.2 Å². The molecule has 0 spiro atoms. The third-order valence-electron chi connectivity index (χ3n) is 8.67. The van der Waals surface area contributed by atoms with Gasteiger partial charge in [-0.15, -0.1) is 0 Å². The summed E-state index contributed by atoms with van der Waals surface area (Å²) in [6, 6.07) is -0.642. The zero-order valence-electron chi connectivity index (χ0n) is 37.1. The van der Waals surface area contributed by atoms with Gasteiger partial charge in [-0.05, 0) is 77.0 Å². The van der Waals surface area contributed by atoms with Gasteiger partial charge in [-0.1, -0.05) is 154 Å². The lowest BCUT2D eigenvalue weighted by Crippen LogP contribution is -2.50. The molecule has 0 bridgehead atoms. The highest BCUT2D eigenvalue weighted by molar-refractivity contribution is 5.72. The summed E-state index contributed by atoms with van der Waals surface area (Å²) < 4.78 is 17.1. The number of rotatable bonds is 36. The first kappa shape index (κ1) is 54.5. The van der Waals surface area contributed by atoms with E-state index in [0.29, 0.717) is 25.7 Å². The van der Waals surface area contributed by atoms with Crippen molar-refractivity contribution in [2.45, 2.75) is 129 Å². The van der Waals surface area contributed by atoms with Crippen LogP contribution in [0.2, 0.25) is 0 Å². The Kier molecular flexibility index (Phi) is 37.2. The summed E-state index contributed by atoms with van der Waals surface area (Å²) in [7, 11) is 5.47. The van der Waals surface area contributed by atoms with Crippen LogP contribution in [0.3, 0.4) is 0 Å². The third kappa shape index (κ3) is 38.7. The number of carbonyl (C=O) groups is 3. The first-order valence-electron chi connectivity index (χ1n) is 21.8. The van der Waals surface area contributed by atoms with E-state index in [0.717, 1.165) is 70.6 Å². The second kappa shape index (κ2) is 40.3. The highest BCUT2D eigenvalue weighted by Gasteiger charge is 2.31. The molecule has 0 saturated heterocycles. The number of carboxylic acid groups (broad SMARTS) is 1. The Morgan fingerprint density at radius 1 is 0.525 bits per heavy atom. The van der Waals surface area contributed by atoms with Crippen LogP contribution >= 0.6 is 0 Å². The van der Waals surface area contributed by atoms with Crippen LogP contribution < -0.4 is 0 Å². The summed E-state index contributed by atoms with van der Waals surface area (Å²) in [5.41, 5.74) is 0. The Hall–Kier alpha value is -4.53. The number of ether oxygens (including phenoxy) is 3. The first-order chi connectivity index (χ1) is 28.6. The van der Waals surface area contributed by atoms with Crippen LogP contribution in [0.5, 0.6) is 0 Å². The van der Waals surface area contributed by atoms with Crippen molar-refractivity contribution in [1.29, 1.82) is 0 Å². The van der Waals surface area contributed by atoms with Crippen molar-refractivity contribution in [2.24, 2.45) is 0 Å². The molecule has 0 aromatic rings. The topological polar surface area (TPSA) is 99.1 Å². The number of hydrogen-bond donors (Lipinski definition) is 1. The number of hydrogen-bond acceptors (Lipinski definition) is 6. The summed E-state index contributed by atoms with van der Waals surface area (Å²) in [5.74, 6) is -1.63. The lowest BCUT2D eigenvalue weighted by molar-refractivity contribution is -0.887. The second-order valence-electron chi connectivity index (χ2n) is 15.0. The number of quaternary nitrogens is 1. The molecule has 0 aliphatic heterocycles. The molecule has 0 rings (SSSR count). The van der Waals surface area contributed by atoms with Crippen LogP contribution in [0.15, 0.2) is 134 Å². The maximum Gasteiger partial charge on any atom is 0.362 e. The molecule has 0 aromatic heterocycles. The molecule has 0 aliphatic carbocycles. The average Bonchev–Trinajstić information content (AvgIpc) is 3.19. The molecule has 59 heavy (non-hydrogen) atoms. The van der Waals surface area contributed by atoms with Gasteiger partial charge in [0.25, 0.3) is 0 Å². The Balaban J connectivity index is 4.50. The highest BCUT2D eigenvalue weighted by atomic mass is 16.6. The zero-order chi connectivity index (χ0) is 43.5. The van der Waals surface area contributed by atoms with Gasteiger partial charge in [0.1, 0.15) is 6.61 Å². The number of allylic oxidation sites excluding steroid dienone is 22. The van der Waals surface area contributed by atoms with E-state index in [1.807, 2.05) is 75.8 Å². The van der Waals surface area contributed by atoms with E-state index in [1.165, 1.54) is 0 Å². The monoisotopic (exact) mass is 817 g/mol. The summed E-state index contributed by atoms with van der Waals surface area (Å²) in [6.07, 6.45) is 58.0. The van der Waals surface area contributed by atoms with Gasteiger partial charge >= 0.3 is 17.9 Å². The van der Waals surface area contributed by atoms with E-state index in [1.54, 1.807) is 0 Å². The van der Waals surface area contributed by atoms with Gasteiger partial charge in [0.2, 0.25) is 0 Å². The van der Waals surface area contributed by atoms with E-state index < -0.39 is 24.1 Å². The number of carbonyl (C=O) groups excluding carboxylic acids is 2. The van der Waals surface area contributed by atoms with E-state index in [2.05, 4.69) is 92.8 Å². The number of unbranched alkanes of at least 4 members (excludes halogenated alkanes) is 4. The third-order valence-corrected chi connectivity index (χ3v) is 8.67. The Morgan fingerprint density at radius 3 is 1.53 bits per heavy atom. The number of aliphatic carboxylic acids is 1. The minimum absolute atomic E-state index is 0.0107. The molecule has 0 saturated carbocycles. The lowest BCUT2D eigenvalue weighted by Gasteiger charge is -2.31. The van der Waals surface area contributed by atoms with Crippen molar-refractivity contribution in [3.8, 4) is 0 Å². The summed E-state index contributed by atoms with van der Waals surface area (Å²) in [6.45, 7) is 4.32. The van der Waals surface area contributed by atoms with E-state index in [-0.39, 0.29) is 36.7 Å². The van der Waals surface area contributed by atoms with Gasteiger partial charge in [0.05, 0.1) is 34.4 Å². The van der Waals surface area contributed by atoms with Crippen LogP contribution in [0.25, 0.3) is 0 Å². The molecule has 0 fully saturated rings. The van der Waals surface area contributed by atoms with E-state index >= 15 is 0 Å². The van der Waals surface area contributed by atoms with Crippen molar-refractivity contribution in [1.82, 2.24) is 0 Å². The number of esters is 2. The molecule has 0 amide bonds. The molecule has 0 aromatic carbocycles. The van der Waals surface area contributed by atoms with Crippen molar-refractivity contribution in [3.05, 3.63) is 134 Å². The summed E-state index contributed by atoms with van der Waals surface area (Å²) in [4.78, 5) is 36.9. The van der Waals surface area contributed by atoms with Gasteiger partial charge in [0, 0.05) is 19.3 Å². The first-order valence-corrected chi connectivity index (χ1v) is 21.8. The maximum absolute atomic E-state index is 12.7. The highest BCUT2D eigenvalue weighted by Crippen LogP contribution is 2.11. The van der Waals surface area contributed by atoms with Gasteiger partial charge in [-0.2, -0.15) is 0 Å². The smallest absolute Gasteiger partial charge is 0.362 e. The fourth-order valence-corrected chi connectivity index (χ4v) is 5.36. The number of nitrogens with zero attached hydrogens (tertiary/aromatic N) is 1.